The first-order valence-corrected chi connectivity index (χ1v) is 7.70. The van der Waals surface area contributed by atoms with Crippen LogP contribution in [0.5, 0.6) is 0 Å². The molecule has 1 aromatic rings. The predicted octanol–water partition coefficient (Wildman–Crippen LogP) is 1.42. The number of nitrogens with zero attached hydrogens (tertiary/aromatic N) is 2. The fourth-order valence-corrected chi connectivity index (χ4v) is 1.85. The largest absolute Gasteiger partial charge is 0.462 e. The monoisotopic (exact) mass is 381 g/mol. The zero-order valence-electron chi connectivity index (χ0n) is 14.9. The van der Waals surface area contributed by atoms with E-state index in [4.69, 9.17) is 14.2 Å². The summed E-state index contributed by atoms with van der Waals surface area (Å²) in [7, 11) is 0. The molecule has 0 radical (unpaired) electrons. The fraction of sp³-hybridized carbons (Fsp3) is 0.375. The maximum absolute atomic E-state index is 11.3. The number of anilines is 1. The van der Waals surface area contributed by atoms with E-state index < -0.39 is 35.0 Å². The second kappa shape index (κ2) is 10.5. The van der Waals surface area contributed by atoms with Crippen LogP contribution in [0.15, 0.2) is 29.4 Å². The molecule has 0 saturated heterocycles. The number of nitro benzene ring substituents is 1. The Bertz CT molecular complexity index is 717. The molecule has 0 bridgehead atoms. The number of nitro groups is 1. The first-order valence-electron chi connectivity index (χ1n) is 7.70. The lowest BCUT2D eigenvalue weighted by Crippen LogP contribution is -2.39. The number of esters is 3. The number of ether oxygens (including phenoxy) is 3. The third-order valence-electron chi connectivity index (χ3n) is 2.93. The molecule has 0 heterocycles. The van der Waals surface area contributed by atoms with Crippen LogP contribution in [0.3, 0.4) is 0 Å². The van der Waals surface area contributed by atoms with Crippen LogP contribution >= 0.6 is 0 Å². The van der Waals surface area contributed by atoms with Gasteiger partial charge in [0.25, 0.3) is 5.69 Å². The van der Waals surface area contributed by atoms with Gasteiger partial charge in [-0.2, -0.15) is 5.10 Å². The Balaban J connectivity index is 2.87. The number of non-ortho nitro benzene ring substituents is 1. The highest BCUT2D eigenvalue weighted by Gasteiger charge is 2.27. The van der Waals surface area contributed by atoms with Crippen molar-refractivity contribution < 1.29 is 33.5 Å². The molecule has 146 valence electrons. The topological polar surface area (TPSA) is 146 Å². The van der Waals surface area contributed by atoms with E-state index in [0.29, 0.717) is 5.69 Å². The van der Waals surface area contributed by atoms with Gasteiger partial charge in [-0.25, -0.2) is 0 Å². The molecule has 11 heteroatoms. The van der Waals surface area contributed by atoms with Crippen LogP contribution in [-0.4, -0.2) is 47.9 Å². The third-order valence-corrected chi connectivity index (χ3v) is 2.93. The van der Waals surface area contributed by atoms with Crippen LogP contribution in [0, 0.1) is 10.1 Å². The maximum Gasteiger partial charge on any atom is 0.303 e. The summed E-state index contributed by atoms with van der Waals surface area (Å²) in [5.74, 6) is -1.93. The molecule has 2 atom stereocenters. The molecule has 0 amide bonds. The van der Waals surface area contributed by atoms with Gasteiger partial charge in [-0.1, -0.05) is 0 Å². The molecule has 1 aromatic carbocycles. The van der Waals surface area contributed by atoms with E-state index in [1.807, 2.05) is 0 Å². The summed E-state index contributed by atoms with van der Waals surface area (Å²) >= 11 is 0. The number of hydrogen-bond donors (Lipinski definition) is 1. The Labute approximate surface area is 154 Å². The van der Waals surface area contributed by atoms with Gasteiger partial charge in [0, 0.05) is 32.9 Å². The third kappa shape index (κ3) is 8.43. The van der Waals surface area contributed by atoms with Gasteiger partial charge in [0.05, 0.1) is 16.8 Å². The van der Waals surface area contributed by atoms with E-state index in [9.17, 15) is 24.5 Å². The Morgan fingerprint density at radius 2 is 1.70 bits per heavy atom. The Hall–Kier alpha value is -3.50. The lowest BCUT2D eigenvalue weighted by molar-refractivity contribution is -0.384. The van der Waals surface area contributed by atoms with Crippen LogP contribution in [0.1, 0.15) is 20.8 Å². The van der Waals surface area contributed by atoms with Crippen molar-refractivity contribution in [3.8, 4) is 0 Å². The van der Waals surface area contributed by atoms with Crippen molar-refractivity contribution in [3.05, 3.63) is 34.4 Å². The van der Waals surface area contributed by atoms with E-state index in [0.717, 1.165) is 20.1 Å². The predicted molar refractivity (Wildman–Crippen MR) is 93.0 cm³/mol. The van der Waals surface area contributed by atoms with Crippen molar-refractivity contribution in [1.82, 2.24) is 0 Å². The summed E-state index contributed by atoms with van der Waals surface area (Å²) in [5, 5.41) is 14.5. The Morgan fingerprint density at radius 3 is 2.19 bits per heavy atom. The summed E-state index contributed by atoms with van der Waals surface area (Å²) in [6, 6.07) is 5.42. The lowest BCUT2D eigenvalue weighted by atomic mass is 10.2. The SMILES string of the molecule is CC(=O)OC[C@@H](OC(C)=O)[C@H](C=NNc1ccc([N+](=O)[O-])cc1)OC(C)=O. The van der Waals surface area contributed by atoms with E-state index in [1.54, 1.807) is 0 Å². The van der Waals surface area contributed by atoms with Crippen LogP contribution < -0.4 is 5.43 Å². The quantitative estimate of drug-likeness (QED) is 0.220. The average Bonchev–Trinajstić information content (AvgIpc) is 2.57. The Morgan fingerprint density at radius 1 is 1.11 bits per heavy atom. The van der Waals surface area contributed by atoms with Crippen molar-refractivity contribution in [2.45, 2.75) is 33.0 Å². The van der Waals surface area contributed by atoms with E-state index >= 15 is 0 Å². The second-order valence-corrected chi connectivity index (χ2v) is 5.22. The first kappa shape index (κ1) is 21.5. The van der Waals surface area contributed by atoms with Crippen molar-refractivity contribution in [2.75, 3.05) is 12.0 Å². The van der Waals surface area contributed by atoms with Crippen molar-refractivity contribution in [2.24, 2.45) is 5.10 Å². The van der Waals surface area contributed by atoms with E-state index in [-0.39, 0.29) is 12.3 Å². The normalized spacial score (nSPS) is 12.7. The number of carbonyl (C=O) groups is 3. The molecular weight excluding hydrogens is 362 g/mol. The molecule has 1 N–H and O–H groups in total. The van der Waals surface area contributed by atoms with Crippen molar-refractivity contribution in [1.29, 1.82) is 0 Å². The fourth-order valence-electron chi connectivity index (χ4n) is 1.85. The number of rotatable bonds is 9. The number of hydrazone groups is 1. The molecule has 0 aliphatic carbocycles. The molecule has 0 fully saturated rings. The second-order valence-electron chi connectivity index (χ2n) is 5.22. The van der Waals surface area contributed by atoms with Gasteiger partial charge in [0.2, 0.25) is 0 Å². The molecular formula is C16H19N3O8. The molecule has 27 heavy (non-hydrogen) atoms. The molecule has 0 aliphatic heterocycles. The number of carbonyl (C=O) groups excluding carboxylic acids is 3. The summed E-state index contributed by atoms with van der Waals surface area (Å²) < 4.78 is 14.9. The van der Waals surface area contributed by atoms with Gasteiger partial charge in [-0.05, 0) is 12.1 Å². The van der Waals surface area contributed by atoms with Gasteiger partial charge >= 0.3 is 17.9 Å². The van der Waals surface area contributed by atoms with Crippen LogP contribution in [-0.2, 0) is 28.6 Å². The zero-order chi connectivity index (χ0) is 20.4. The summed E-state index contributed by atoms with van der Waals surface area (Å²) in [6.45, 7) is 3.14. The maximum atomic E-state index is 11.3. The molecule has 0 spiro atoms. The lowest BCUT2D eigenvalue weighted by Gasteiger charge is -2.23. The highest BCUT2D eigenvalue weighted by atomic mass is 16.6. The van der Waals surface area contributed by atoms with Crippen LogP contribution in [0.2, 0.25) is 0 Å². The number of nitrogens with one attached hydrogen (secondary N) is 1. The molecule has 0 unspecified atom stereocenters. The molecule has 0 aromatic heterocycles. The molecule has 0 saturated carbocycles. The number of benzene rings is 1. The number of hydrogen-bond acceptors (Lipinski definition) is 10. The minimum atomic E-state index is -1.13. The molecule has 11 nitrogen and oxygen atoms in total. The van der Waals surface area contributed by atoms with Gasteiger partial charge in [0.15, 0.2) is 12.2 Å². The highest BCUT2D eigenvalue weighted by Crippen LogP contribution is 2.15. The van der Waals surface area contributed by atoms with Gasteiger partial charge in [-0.15, -0.1) is 0 Å². The Kier molecular flexibility index (Phi) is 8.36. The summed E-state index contributed by atoms with van der Waals surface area (Å²) in [4.78, 5) is 43.6. The molecule has 1 rings (SSSR count). The van der Waals surface area contributed by atoms with Gasteiger partial charge in [0.1, 0.15) is 6.61 Å². The minimum absolute atomic E-state index is 0.0846. The van der Waals surface area contributed by atoms with E-state index in [1.165, 1.54) is 31.2 Å². The molecule has 0 aliphatic rings. The zero-order valence-corrected chi connectivity index (χ0v) is 14.9. The van der Waals surface area contributed by atoms with E-state index in [2.05, 4.69) is 10.5 Å². The van der Waals surface area contributed by atoms with Crippen molar-refractivity contribution in [3.63, 3.8) is 0 Å². The van der Waals surface area contributed by atoms with Crippen LogP contribution in [0.4, 0.5) is 11.4 Å². The highest BCUT2D eigenvalue weighted by molar-refractivity contribution is 5.74. The van der Waals surface area contributed by atoms with Gasteiger partial charge < -0.3 is 14.2 Å². The van der Waals surface area contributed by atoms with Crippen LogP contribution in [0.25, 0.3) is 0 Å². The van der Waals surface area contributed by atoms with Gasteiger partial charge in [-0.3, -0.25) is 29.9 Å². The average molecular weight is 381 g/mol. The smallest absolute Gasteiger partial charge is 0.303 e. The first-order chi connectivity index (χ1) is 12.7. The summed E-state index contributed by atoms with van der Waals surface area (Å²) in [5.41, 5.74) is 2.94. The minimum Gasteiger partial charge on any atom is -0.462 e. The van der Waals surface area contributed by atoms with Crippen molar-refractivity contribution >= 4 is 35.5 Å². The summed E-state index contributed by atoms with van der Waals surface area (Å²) in [6.07, 6.45) is -1.08. The standard InChI is InChI=1S/C16H19N3O8/c1-10(20)25-9-16(27-12(3)22)15(26-11(2)21)8-17-18-13-4-6-14(7-5-13)19(23)24/h4-8,15-16,18H,9H2,1-3H3/t15-,16+/m0/s1.